The Bertz CT molecular complexity index is 662. The number of likely N-dealkylation sites (tertiary alicyclic amines) is 1. The van der Waals surface area contributed by atoms with E-state index >= 15 is 0 Å². The lowest BCUT2D eigenvalue weighted by Gasteiger charge is -2.16. The van der Waals surface area contributed by atoms with Crippen molar-refractivity contribution in [2.24, 2.45) is 0 Å². The molecule has 2 N–H and O–H groups in total. The molecule has 2 amide bonds. The lowest BCUT2D eigenvalue weighted by atomic mass is 10.2. The number of urea groups is 1. The third-order valence-corrected chi connectivity index (χ3v) is 4.12. The van der Waals surface area contributed by atoms with Crippen LogP contribution in [0.25, 0.3) is 0 Å². The number of benzene rings is 1. The lowest BCUT2D eigenvalue weighted by molar-refractivity contribution is 0.247. The highest BCUT2D eigenvalue weighted by Crippen LogP contribution is 2.11. The molecule has 3 rings (SSSR count). The van der Waals surface area contributed by atoms with Gasteiger partial charge in [-0.3, -0.25) is 4.98 Å². The van der Waals surface area contributed by atoms with Crippen molar-refractivity contribution in [3.63, 3.8) is 0 Å². The molecule has 0 unspecified atom stereocenters. The van der Waals surface area contributed by atoms with Crippen LogP contribution >= 0.6 is 0 Å². The van der Waals surface area contributed by atoms with Gasteiger partial charge in [0, 0.05) is 49.7 Å². The first-order valence-corrected chi connectivity index (χ1v) is 8.14. The minimum atomic E-state index is -0.319. The molecule has 1 saturated heterocycles. The molecule has 5 nitrogen and oxygen atoms in total. The molecule has 2 heterocycles. The van der Waals surface area contributed by atoms with Gasteiger partial charge in [-0.05, 0) is 42.8 Å². The van der Waals surface area contributed by atoms with Gasteiger partial charge < -0.3 is 15.5 Å². The molecular formula is C18H21FN4O. The number of aromatic nitrogens is 1. The maximum atomic E-state index is 12.9. The van der Waals surface area contributed by atoms with E-state index in [1.807, 2.05) is 24.4 Å². The van der Waals surface area contributed by atoms with E-state index in [0.29, 0.717) is 5.69 Å². The summed E-state index contributed by atoms with van der Waals surface area (Å²) in [7, 11) is 0. The molecule has 1 aromatic heterocycles. The molecule has 1 atom stereocenters. The topological polar surface area (TPSA) is 57.3 Å². The summed E-state index contributed by atoms with van der Waals surface area (Å²) in [5, 5.41) is 5.69. The Morgan fingerprint density at radius 3 is 2.83 bits per heavy atom. The van der Waals surface area contributed by atoms with Crippen LogP contribution in [0.15, 0.2) is 48.7 Å². The van der Waals surface area contributed by atoms with E-state index in [0.717, 1.165) is 38.2 Å². The second-order valence-corrected chi connectivity index (χ2v) is 5.96. The number of hydrogen-bond donors (Lipinski definition) is 2. The molecule has 0 spiro atoms. The van der Waals surface area contributed by atoms with E-state index in [1.54, 1.807) is 12.1 Å². The summed E-state index contributed by atoms with van der Waals surface area (Å²) in [6.45, 7) is 2.74. The first kappa shape index (κ1) is 16.4. The van der Waals surface area contributed by atoms with E-state index < -0.39 is 0 Å². The Hall–Kier alpha value is -2.47. The molecular weight excluding hydrogens is 307 g/mol. The number of rotatable bonds is 5. The van der Waals surface area contributed by atoms with Gasteiger partial charge in [-0.1, -0.05) is 6.07 Å². The van der Waals surface area contributed by atoms with Crippen LogP contribution in [0.3, 0.4) is 0 Å². The van der Waals surface area contributed by atoms with Gasteiger partial charge in [-0.25, -0.2) is 9.18 Å². The number of amides is 2. The van der Waals surface area contributed by atoms with Crippen LogP contribution in [0, 0.1) is 5.82 Å². The fourth-order valence-corrected chi connectivity index (χ4v) is 2.86. The Kier molecular flexibility index (Phi) is 5.38. The van der Waals surface area contributed by atoms with Crippen molar-refractivity contribution < 1.29 is 9.18 Å². The number of nitrogens with zero attached hydrogens (tertiary/aromatic N) is 2. The van der Waals surface area contributed by atoms with Crippen molar-refractivity contribution in [3.05, 3.63) is 60.2 Å². The third-order valence-electron chi connectivity index (χ3n) is 4.12. The fourth-order valence-electron chi connectivity index (χ4n) is 2.86. The van der Waals surface area contributed by atoms with Gasteiger partial charge in [-0.15, -0.1) is 0 Å². The van der Waals surface area contributed by atoms with Gasteiger partial charge >= 0.3 is 6.03 Å². The van der Waals surface area contributed by atoms with Crippen molar-refractivity contribution in [2.75, 3.05) is 25.0 Å². The van der Waals surface area contributed by atoms with Gasteiger partial charge in [0.15, 0.2) is 0 Å². The quantitative estimate of drug-likeness (QED) is 0.887. The largest absolute Gasteiger partial charge is 0.334 e. The first-order chi connectivity index (χ1) is 11.7. The van der Waals surface area contributed by atoms with Gasteiger partial charge in [0.05, 0.1) is 0 Å². The third kappa shape index (κ3) is 4.76. The van der Waals surface area contributed by atoms with Gasteiger partial charge in [0.1, 0.15) is 5.82 Å². The first-order valence-electron chi connectivity index (χ1n) is 8.14. The molecule has 1 fully saturated rings. The monoisotopic (exact) mass is 328 g/mol. The van der Waals surface area contributed by atoms with Crippen LogP contribution in [-0.2, 0) is 6.42 Å². The molecule has 0 bridgehead atoms. The van der Waals surface area contributed by atoms with E-state index in [2.05, 4.69) is 20.5 Å². The normalized spacial score (nSPS) is 17.6. The second-order valence-electron chi connectivity index (χ2n) is 5.96. The highest BCUT2D eigenvalue weighted by molar-refractivity contribution is 5.89. The summed E-state index contributed by atoms with van der Waals surface area (Å²) in [5.41, 5.74) is 1.67. The smallest absolute Gasteiger partial charge is 0.319 e. The molecule has 0 saturated carbocycles. The zero-order valence-corrected chi connectivity index (χ0v) is 13.4. The Labute approximate surface area is 140 Å². The van der Waals surface area contributed by atoms with Gasteiger partial charge in [0.2, 0.25) is 0 Å². The van der Waals surface area contributed by atoms with E-state index in [9.17, 15) is 9.18 Å². The molecule has 24 heavy (non-hydrogen) atoms. The molecule has 1 aliphatic rings. The summed E-state index contributed by atoms with van der Waals surface area (Å²) >= 11 is 0. The summed E-state index contributed by atoms with van der Waals surface area (Å²) in [5.74, 6) is -0.319. The summed E-state index contributed by atoms with van der Waals surface area (Å²) in [4.78, 5) is 18.7. The van der Waals surface area contributed by atoms with Crippen molar-refractivity contribution in [1.82, 2.24) is 15.2 Å². The van der Waals surface area contributed by atoms with Crippen LogP contribution in [-0.4, -0.2) is 41.6 Å². The van der Waals surface area contributed by atoms with Crippen LogP contribution in [0.5, 0.6) is 0 Å². The molecule has 2 aromatic rings. The van der Waals surface area contributed by atoms with Crippen LogP contribution in [0.4, 0.5) is 14.9 Å². The molecule has 1 aromatic carbocycles. The Morgan fingerprint density at radius 2 is 2.08 bits per heavy atom. The average Bonchev–Trinajstić information content (AvgIpc) is 3.03. The number of carbonyl (C=O) groups is 1. The fraction of sp³-hybridized carbons (Fsp3) is 0.333. The predicted octanol–water partition coefficient (Wildman–Crippen LogP) is 2.66. The van der Waals surface area contributed by atoms with Crippen LogP contribution in [0.1, 0.15) is 12.1 Å². The number of nitrogens with one attached hydrogen (secondary N) is 2. The summed E-state index contributed by atoms with van der Waals surface area (Å²) in [6.07, 6.45) is 3.65. The predicted molar refractivity (Wildman–Crippen MR) is 91.3 cm³/mol. The van der Waals surface area contributed by atoms with E-state index in [-0.39, 0.29) is 17.9 Å². The zero-order chi connectivity index (χ0) is 16.8. The SMILES string of the molecule is O=C(Nc1ccc(F)cc1)N[C@H]1CCN(CCc2ccccn2)C1. The maximum absolute atomic E-state index is 12.9. The average molecular weight is 328 g/mol. The molecule has 126 valence electrons. The lowest BCUT2D eigenvalue weighted by Crippen LogP contribution is -2.39. The molecule has 0 radical (unpaired) electrons. The molecule has 0 aliphatic carbocycles. The zero-order valence-electron chi connectivity index (χ0n) is 13.4. The van der Waals surface area contributed by atoms with Crippen molar-refractivity contribution in [1.29, 1.82) is 0 Å². The van der Waals surface area contributed by atoms with Crippen molar-refractivity contribution in [3.8, 4) is 0 Å². The Morgan fingerprint density at radius 1 is 1.25 bits per heavy atom. The number of pyridine rings is 1. The van der Waals surface area contributed by atoms with E-state index in [4.69, 9.17) is 0 Å². The number of hydrogen-bond acceptors (Lipinski definition) is 3. The standard InChI is InChI=1S/C18H21FN4O/c19-14-4-6-16(7-5-14)21-18(24)22-17-9-12-23(13-17)11-8-15-3-1-2-10-20-15/h1-7,10,17H,8-9,11-13H2,(H2,21,22,24)/t17-/m0/s1. The van der Waals surface area contributed by atoms with E-state index in [1.165, 1.54) is 12.1 Å². The number of halogens is 1. The molecule has 1 aliphatic heterocycles. The van der Waals surface area contributed by atoms with Gasteiger partial charge in [0.25, 0.3) is 0 Å². The summed E-state index contributed by atoms with van der Waals surface area (Å²) < 4.78 is 12.9. The van der Waals surface area contributed by atoms with Crippen molar-refractivity contribution >= 4 is 11.7 Å². The minimum absolute atomic E-state index is 0.134. The summed E-state index contributed by atoms with van der Waals surface area (Å²) in [6, 6.07) is 11.6. The maximum Gasteiger partial charge on any atom is 0.319 e. The number of carbonyl (C=O) groups excluding carboxylic acids is 1. The highest BCUT2D eigenvalue weighted by atomic mass is 19.1. The minimum Gasteiger partial charge on any atom is -0.334 e. The number of anilines is 1. The van der Waals surface area contributed by atoms with Gasteiger partial charge in [-0.2, -0.15) is 0 Å². The van der Waals surface area contributed by atoms with Crippen LogP contribution in [0.2, 0.25) is 0 Å². The van der Waals surface area contributed by atoms with Crippen LogP contribution < -0.4 is 10.6 Å². The van der Waals surface area contributed by atoms with Crippen molar-refractivity contribution in [2.45, 2.75) is 18.9 Å². The highest BCUT2D eigenvalue weighted by Gasteiger charge is 2.23. The Balaban J connectivity index is 1.40. The molecule has 6 heteroatoms. The second kappa shape index (κ2) is 7.88.